The van der Waals surface area contributed by atoms with Gasteiger partial charge < -0.3 is 4.74 Å². The van der Waals surface area contributed by atoms with E-state index in [9.17, 15) is 0 Å². The van der Waals surface area contributed by atoms with Crippen LogP contribution in [0.25, 0.3) is 5.70 Å². The fourth-order valence-electron chi connectivity index (χ4n) is 1.94. The molecule has 0 bridgehead atoms. The molecule has 0 aliphatic rings. The third-order valence-electron chi connectivity index (χ3n) is 3.11. The molecule has 1 aromatic carbocycles. The molecule has 1 aromatic heterocycles. The van der Waals surface area contributed by atoms with Crippen LogP contribution in [0.2, 0.25) is 0 Å². The fraction of sp³-hybridized carbons (Fsp3) is 0.250. The highest BCUT2D eigenvalue weighted by Crippen LogP contribution is 2.23. The van der Waals surface area contributed by atoms with Crippen LogP contribution in [0, 0.1) is 0 Å². The lowest BCUT2D eigenvalue weighted by Crippen LogP contribution is -1.98. The Morgan fingerprint density at radius 1 is 1.28 bits per heavy atom. The fourth-order valence-corrected chi connectivity index (χ4v) is 1.94. The molecule has 1 N–H and O–H groups in total. The molecule has 0 radical (unpaired) electrons. The molecular weight excluding hydrogens is 312 g/mol. The van der Waals surface area contributed by atoms with Crippen molar-refractivity contribution in [2.45, 2.75) is 27.2 Å². The maximum absolute atomic E-state index is 5.61. The van der Waals surface area contributed by atoms with Crippen molar-refractivity contribution in [1.82, 2.24) is 4.98 Å². The van der Waals surface area contributed by atoms with Gasteiger partial charge in [0.1, 0.15) is 18.1 Å². The Morgan fingerprint density at radius 2 is 2.08 bits per heavy atom. The summed E-state index contributed by atoms with van der Waals surface area (Å²) in [6, 6.07) is 11.3. The highest BCUT2D eigenvalue weighted by atomic mass is 16.5. The summed E-state index contributed by atoms with van der Waals surface area (Å²) < 4.78 is 5.61. The molecule has 0 atom stereocenters. The Kier molecular flexibility index (Phi) is 9.30. The molecule has 0 aliphatic heterocycles. The average Bonchev–Trinajstić information content (AvgIpc) is 2.69. The molecule has 0 spiro atoms. The van der Waals surface area contributed by atoms with E-state index in [1.54, 1.807) is 12.3 Å². The van der Waals surface area contributed by atoms with Crippen molar-refractivity contribution >= 4 is 11.4 Å². The molecule has 5 nitrogen and oxygen atoms in total. The van der Waals surface area contributed by atoms with Crippen molar-refractivity contribution in [3.63, 3.8) is 0 Å². The van der Waals surface area contributed by atoms with Gasteiger partial charge in [-0.3, -0.25) is 10.4 Å². The summed E-state index contributed by atoms with van der Waals surface area (Å²) in [7, 11) is 0. The van der Waals surface area contributed by atoms with Gasteiger partial charge in [0.15, 0.2) is 0 Å². The monoisotopic (exact) mass is 338 g/mol. The van der Waals surface area contributed by atoms with Gasteiger partial charge in [0.05, 0.1) is 11.4 Å². The molecule has 0 unspecified atom stereocenters. The third-order valence-corrected chi connectivity index (χ3v) is 3.11. The van der Waals surface area contributed by atoms with Crippen LogP contribution in [0.4, 0.5) is 5.69 Å². The summed E-state index contributed by atoms with van der Waals surface area (Å²) in [5.74, 6) is 0.854. The highest BCUT2D eigenvalue weighted by molar-refractivity contribution is 5.58. The first kappa shape index (κ1) is 20.1. The van der Waals surface area contributed by atoms with Crippen molar-refractivity contribution in [2.24, 2.45) is 10.3 Å². The second kappa shape index (κ2) is 11.6. The number of anilines is 1. The van der Waals surface area contributed by atoms with Crippen molar-refractivity contribution in [1.29, 1.82) is 0 Å². The number of aromatic nitrogens is 1. The maximum atomic E-state index is 5.61. The van der Waals surface area contributed by atoms with Gasteiger partial charge in [-0.1, -0.05) is 51.3 Å². The summed E-state index contributed by atoms with van der Waals surface area (Å²) in [4.78, 5) is 4.17. The molecule has 25 heavy (non-hydrogen) atoms. The van der Waals surface area contributed by atoms with E-state index in [1.165, 1.54) is 0 Å². The van der Waals surface area contributed by atoms with E-state index in [0.29, 0.717) is 18.0 Å². The molecule has 1 heterocycles. The minimum Gasteiger partial charge on any atom is -0.489 e. The second-order valence-corrected chi connectivity index (χ2v) is 4.75. The normalized spacial score (nSPS) is 9.88. The molecule has 0 aliphatic carbocycles. The second-order valence-electron chi connectivity index (χ2n) is 4.75. The van der Waals surface area contributed by atoms with Gasteiger partial charge in [0.2, 0.25) is 0 Å². The smallest absolute Gasteiger partial charge is 0.123 e. The lowest BCUT2D eigenvalue weighted by molar-refractivity contribution is 0.359. The van der Waals surface area contributed by atoms with Gasteiger partial charge >= 0.3 is 0 Å². The molecular formula is C20H26N4O. The van der Waals surface area contributed by atoms with Gasteiger partial charge in [0, 0.05) is 6.20 Å². The highest BCUT2D eigenvalue weighted by Gasteiger charge is 2.03. The standard InChI is InChI=1S/C18H20N4O.C2H6/c1-4-12-23-18-10-9-16(13-15(18)5-2)21-22-20-14(3)17-8-6-7-11-19-17;1-2/h4,6-11,13H,1,3,5,12H2,2H3,(H,20,21);1-2H3. The number of hydrogen-bond acceptors (Lipinski definition) is 4. The topological polar surface area (TPSA) is 58.9 Å². The zero-order valence-electron chi connectivity index (χ0n) is 15.2. The zero-order chi connectivity index (χ0) is 18.5. The van der Waals surface area contributed by atoms with Gasteiger partial charge in [-0.05, 0) is 42.3 Å². The molecule has 2 rings (SSSR count). The quantitative estimate of drug-likeness (QED) is 0.382. The number of rotatable bonds is 8. The molecule has 0 saturated heterocycles. The number of hydrogen-bond donors (Lipinski definition) is 1. The Hall–Kier alpha value is -2.95. The Bertz CT molecular complexity index is 696. The number of aryl methyl sites for hydroxylation is 1. The first-order chi connectivity index (χ1) is 12.2. The predicted molar refractivity (Wildman–Crippen MR) is 105 cm³/mol. The van der Waals surface area contributed by atoms with Crippen molar-refractivity contribution < 1.29 is 4.74 Å². The zero-order valence-corrected chi connectivity index (χ0v) is 15.2. The summed E-state index contributed by atoms with van der Waals surface area (Å²) in [5.41, 5.74) is 6.02. The van der Waals surface area contributed by atoms with Crippen molar-refractivity contribution in [3.05, 3.63) is 73.1 Å². The first-order valence-electron chi connectivity index (χ1n) is 8.38. The summed E-state index contributed by atoms with van der Waals surface area (Å²) in [6.07, 6.45) is 4.28. The summed E-state index contributed by atoms with van der Waals surface area (Å²) in [6.45, 7) is 14.1. The SMILES string of the molecule is C=CCOc1ccc(NN=NC(=C)c2ccccn2)cc1CC.CC. The Balaban J connectivity index is 0.00000151. The Labute approximate surface area is 150 Å². The number of benzene rings is 1. The number of nitrogens with one attached hydrogen (secondary N) is 1. The van der Waals surface area contributed by atoms with Crippen LogP contribution in [0.3, 0.4) is 0 Å². The van der Waals surface area contributed by atoms with E-state index in [2.05, 4.69) is 40.8 Å². The maximum Gasteiger partial charge on any atom is 0.123 e. The summed E-state index contributed by atoms with van der Waals surface area (Å²) in [5, 5.41) is 7.99. The largest absolute Gasteiger partial charge is 0.489 e. The number of ether oxygens (including phenoxy) is 1. The molecule has 0 saturated carbocycles. The lowest BCUT2D eigenvalue weighted by Gasteiger charge is -2.10. The van der Waals surface area contributed by atoms with Gasteiger partial charge in [0.25, 0.3) is 0 Å². The van der Waals surface area contributed by atoms with Crippen LogP contribution in [0.5, 0.6) is 5.75 Å². The van der Waals surface area contributed by atoms with E-state index < -0.39 is 0 Å². The van der Waals surface area contributed by atoms with Crippen LogP contribution >= 0.6 is 0 Å². The minimum atomic E-state index is 0.489. The van der Waals surface area contributed by atoms with Crippen LogP contribution in [-0.4, -0.2) is 11.6 Å². The number of nitrogens with zero attached hydrogens (tertiary/aromatic N) is 3. The van der Waals surface area contributed by atoms with Gasteiger partial charge in [-0.2, -0.15) is 0 Å². The van der Waals surface area contributed by atoms with E-state index >= 15 is 0 Å². The molecule has 0 amide bonds. The first-order valence-corrected chi connectivity index (χ1v) is 8.38. The predicted octanol–water partition coefficient (Wildman–Crippen LogP) is 5.69. The van der Waals surface area contributed by atoms with E-state index in [0.717, 1.165) is 23.4 Å². The van der Waals surface area contributed by atoms with Gasteiger partial charge in [-0.25, -0.2) is 0 Å². The van der Waals surface area contributed by atoms with Crippen LogP contribution in [0.15, 0.2) is 72.2 Å². The van der Waals surface area contributed by atoms with E-state index in [1.807, 2.05) is 50.2 Å². The van der Waals surface area contributed by atoms with Crippen LogP contribution in [-0.2, 0) is 6.42 Å². The van der Waals surface area contributed by atoms with Gasteiger partial charge in [-0.15, -0.1) is 5.11 Å². The van der Waals surface area contributed by atoms with Crippen molar-refractivity contribution in [2.75, 3.05) is 12.0 Å². The average molecular weight is 338 g/mol. The minimum absolute atomic E-state index is 0.489. The van der Waals surface area contributed by atoms with E-state index in [4.69, 9.17) is 4.74 Å². The Morgan fingerprint density at radius 3 is 2.72 bits per heavy atom. The van der Waals surface area contributed by atoms with Crippen LogP contribution < -0.4 is 10.2 Å². The summed E-state index contributed by atoms with van der Waals surface area (Å²) >= 11 is 0. The van der Waals surface area contributed by atoms with E-state index in [-0.39, 0.29) is 0 Å². The molecule has 5 heteroatoms. The lowest BCUT2D eigenvalue weighted by atomic mass is 10.1. The molecule has 2 aromatic rings. The molecule has 132 valence electrons. The molecule has 0 fully saturated rings. The van der Waals surface area contributed by atoms with Crippen LogP contribution in [0.1, 0.15) is 32.0 Å². The third kappa shape index (κ3) is 6.59. The number of pyridine rings is 1. The van der Waals surface area contributed by atoms with Crippen molar-refractivity contribution in [3.8, 4) is 5.75 Å².